The van der Waals surface area contributed by atoms with Gasteiger partial charge in [0.05, 0.1) is 12.1 Å². The van der Waals surface area contributed by atoms with Crippen LogP contribution in [0.3, 0.4) is 0 Å². The van der Waals surface area contributed by atoms with Gasteiger partial charge in [-0.2, -0.15) is 0 Å². The van der Waals surface area contributed by atoms with E-state index in [9.17, 15) is 13.6 Å². The van der Waals surface area contributed by atoms with E-state index in [4.69, 9.17) is 4.74 Å². The number of rotatable bonds is 6. The number of halogens is 2. The van der Waals surface area contributed by atoms with Crippen molar-refractivity contribution in [2.45, 2.75) is 58.7 Å². The highest BCUT2D eigenvalue weighted by Crippen LogP contribution is 2.25. The number of ketones is 1. The fourth-order valence-corrected chi connectivity index (χ4v) is 2.39. The quantitative estimate of drug-likeness (QED) is 0.736. The molecular weight excluding hydrogens is 240 g/mol. The van der Waals surface area contributed by atoms with Crippen molar-refractivity contribution in [3.05, 3.63) is 0 Å². The highest BCUT2D eigenvalue weighted by atomic mass is 19.3. The molecule has 0 aromatic rings. The third kappa shape index (κ3) is 3.99. The van der Waals surface area contributed by atoms with Gasteiger partial charge in [-0.1, -0.05) is 13.8 Å². The van der Waals surface area contributed by atoms with E-state index in [0.717, 1.165) is 0 Å². The highest BCUT2D eigenvalue weighted by Gasteiger charge is 2.39. The number of alkyl halides is 2. The van der Waals surface area contributed by atoms with Crippen LogP contribution in [0.15, 0.2) is 0 Å². The second-order valence-electron chi connectivity index (χ2n) is 5.45. The molecule has 0 spiro atoms. The molecule has 0 aromatic heterocycles. The Hall–Kier alpha value is -0.550. The first kappa shape index (κ1) is 15.5. The molecule has 1 saturated heterocycles. The number of carbonyl (C=O) groups is 1. The van der Waals surface area contributed by atoms with E-state index in [2.05, 4.69) is 4.90 Å². The molecule has 5 heteroatoms. The van der Waals surface area contributed by atoms with Crippen LogP contribution in [-0.2, 0) is 9.53 Å². The number of hydrogen-bond acceptors (Lipinski definition) is 3. The van der Waals surface area contributed by atoms with Gasteiger partial charge in [-0.25, -0.2) is 8.78 Å². The van der Waals surface area contributed by atoms with E-state index in [-0.39, 0.29) is 29.9 Å². The van der Waals surface area contributed by atoms with Crippen LogP contribution in [-0.4, -0.2) is 48.4 Å². The van der Waals surface area contributed by atoms with Crippen molar-refractivity contribution in [2.24, 2.45) is 5.92 Å². The normalized spacial score (nSPS) is 25.6. The van der Waals surface area contributed by atoms with Gasteiger partial charge < -0.3 is 4.74 Å². The Morgan fingerprint density at radius 2 is 1.94 bits per heavy atom. The van der Waals surface area contributed by atoms with Crippen molar-refractivity contribution in [1.82, 2.24) is 4.90 Å². The smallest absolute Gasteiger partial charge is 0.261 e. The molecule has 3 nitrogen and oxygen atoms in total. The lowest BCUT2D eigenvalue weighted by Gasteiger charge is -2.27. The summed E-state index contributed by atoms with van der Waals surface area (Å²) in [7, 11) is 0. The SMILES string of the molecule is CC(C)C(=O)[C@@H]1C[C@H](OCC(F)F)CN1C(C)C. The number of nitrogens with zero attached hydrogens (tertiary/aromatic N) is 1. The number of Topliss-reactive ketones (excluding diaryl/α,β-unsaturated/α-hetero) is 1. The molecule has 0 amide bonds. The number of ether oxygens (including phenoxy) is 1. The van der Waals surface area contributed by atoms with Gasteiger partial charge >= 0.3 is 0 Å². The summed E-state index contributed by atoms with van der Waals surface area (Å²) in [6, 6.07) is 0.0329. The molecule has 1 rings (SSSR count). The zero-order valence-electron chi connectivity index (χ0n) is 11.5. The van der Waals surface area contributed by atoms with Crippen LogP contribution in [0.5, 0.6) is 0 Å². The van der Waals surface area contributed by atoms with Gasteiger partial charge in [0.15, 0.2) is 5.78 Å². The first-order valence-electron chi connectivity index (χ1n) is 6.52. The first-order valence-corrected chi connectivity index (χ1v) is 6.52. The van der Waals surface area contributed by atoms with Gasteiger partial charge in [-0.05, 0) is 20.3 Å². The molecule has 1 fully saturated rings. The first-order chi connectivity index (χ1) is 8.32. The summed E-state index contributed by atoms with van der Waals surface area (Å²) >= 11 is 0. The maximum atomic E-state index is 12.1. The molecule has 0 aromatic carbocycles. The van der Waals surface area contributed by atoms with E-state index in [0.29, 0.717) is 13.0 Å². The van der Waals surface area contributed by atoms with Gasteiger partial charge in [-0.3, -0.25) is 9.69 Å². The van der Waals surface area contributed by atoms with Gasteiger partial charge in [0.2, 0.25) is 0 Å². The van der Waals surface area contributed by atoms with Crippen molar-refractivity contribution in [3.63, 3.8) is 0 Å². The van der Waals surface area contributed by atoms with Crippen molar-refractivity contribution in [2.75, 3.05) is 13.2 Å². The molecule has 106 valence electrons. The van der Waals surface area contributed by atoms with Crippen molar-refractivity contribution in [3.8, 4) is 0 Å². The second-order valence-corrected chi connectivity index (χ2v) is 5.45. The van der Waals surface area contributed by atoms with E-state index in [1.54, 1.807) is 0 Å². The summed E-state index contributed by atoms with van der Waals surface area (Å²) < 4.78 is 29.4. The third-order valence-corrected chi connectivity index (χ3v) is 3.32. The van der Waals surface area contributed by atoms with Crippen LogP contribution in [0.4, 0.5) is 8.78 Å². The minimum absolute atomic E-state index is 0.0369. The number of carbonyl (C=O) groups excluding carboxylic acids is 1. The van der Waals surface area contributed by atoms with Crippen LogP contribution >= 0.6 is 0 Å². The summed E-state index contributed by atoms with van der Waals surface area (Å²) in [5, 5.41) is 0. The molecule has 1 heterocycles. The van der Waals surface area contributed by atoms with Crippen LogP contribution in [0.1, 0.15) is 34.1 Å². The average Bonchev–Trinajstić information content (AvgIpc) is 2.69. The Kier molecular flexibility index (Phi) is 5.66. The summed E-state index contributed by atoms with van der Waals surface area (Å²) in [4.78, 5) is 14.2. The van der Waals surface area contributed by atoms with Crippen molar-refractivity contribution in [1.29, 1.82) is 0 Å². The molecule has 0 saturated carbocycles. The van der Waals surface area contributed by atoms with Gasteiger partial charge in [0, 0.05) is 18.5 Å². The number of likely N-dealkylation sites (tertiary alicyclic amines) is 1. The maximum Gasteiger partial charge on any atom is 0.261 e. The van der Waals surface area contributed by atoms with Crippen LogP contribution in [0, 0.1) is 5.92 Å². The molecule has 0 bridgehead atoms. The Morgan fingerprint density at radius 3 is 2.39 bits per heavy atom. The standard InChI is InChI=1S/C13H23F2NO2/c1-8(2)13(17)11-5-10(18-7-12(14)15)6-16(11)9(3)4/h8-12H,5-7H2,1-4H3/t10-,11-/m0/s1. The Bertz CT molecular complexity index is 282. The molecule has 1 aliphatic heterocycles. The van der Waals surface area contributed by atoms with Crippen LogP contribution in [0.25, 0.3) is 0 Å². The fourth-order valence-electron chi connectivity index (χ4n) is 2.39. The van der Waals surface area contributed by atoms with E-state index >= 15 is 0 Å². The molecule has 2 atom stereocenters. The number of hydrogen-bond donors (Lipinski definition) is 0. The molecular formula is C13H23F2NO2. The van der Waals surface area contributed by atoms with Crippen LogP contribution < -0.4 is 0 Å². The van der Waals surface area contributed by atoms with Crippen molar-refractivity contribution >= 4 is 5.78 Å². The lowest BCUT2D eigenvalue weighted by atomic mass is 9.99. The second kappa shape index (κ2) is 6.57. The summed E-state index contributed by atoms with van der Waals surface area (Å²) in [6.07, 6.45) is -2.17. The molecule has 18 heavy (non-hydrogen) atoms. The summed E-state index contributed by atoms with van der Waals surface area (Å²) in [5.74, 6) is 0.136. The average molecular weight is 263 g/mol. The van der Waals surface area contributed by atoms with E-state index in [1.807, 2.05) is 27.7 Å². The zero-order valence-corrected chi connectivity index (χ0v) is 11.5. The minimum atomic E-state index is -2.45. The van der Waals surface area contributed by atoms with Gasteiger partial charge in [0.25, 0.3) is 6.43 Å². The Balaban J connectivity index is 2.62. The predicted molar refractivity (Wildman–Crippen MR) is 65.8 cm³/mol. The monoisotopic (exact) mass is 263 g/mol. The highest BCUT2D eigenvalue weighted by molar-refractivity contribution is 5.86. The molecule has 1 aliphatic rings. The van der Waals surface area contributed by atoms with E-state index in [1.165, 1.54) is 0 Å². The van der Waals surface area contributed by atoms with Gasteiger partial charge in [0.1, 0.15) is 6.61 Å². The summed E-state index contributed by atoms with van der Waals surface area (Å²) in [5.41, 5.74) is 0. The topological polar surface area (TPSA) is 29.5 Å². The lowest BCUT2D eigenvalue weighted by molar-refractivity contribution is -0.126. The lowest BCUT2D eigenvalue weighted by Crippen LogP contribution is -2.42. The molecule has 0 aliphatic carbocycles. The maximum absolute atomic E-state index is 12.1. The molecule has 0 unspecified atom stereocenters. The van der Waals surface area contributed by atoms with Crippen LogP contribution in [0.2, 0.25) is 0 Å². The van der Waals surface area contributed by atoms with Gasteiger partial charge in [-0.15, -0.1) is 0 Å². The molecule has 0 N–H and O–H groups in total. The largest absolute Gasteiger partial charge is 0.371 e. The Morgan fingerprint density at radius 1 is 1.33 bits per heavy atom. The van der Waals surface area contributed by atoms with Crippen molar-refractivity contribution < 1.29 is 18.3 Å². The fraction of sp³-hybridized carbons (Fsp3) is 0.923. The zero-order chi connectivity index (χ0) is 13.9. The third-order valence-electron chi connectivity index (χ3n) is 3.32. The summed E-state index contributed by atoms with van der Waals surface area (Å²) in [6.45, 7) is 7.78. The Labute approximate surface area is 107 Å². The predicted octanol–water partition coefficient (Wildman–Crippen LogP) is 2.34. The molecule has 0 radical (unpaired) electrons. The van der Waals surface area contributed by atoms with E-state index < -0.39 is 13.0 Å². The minimum Gasteiger partial charge on any atom is -0.371 e.